The second-order valence-corrected chi connectivity index (χ2v) is 22.0. The topological polar surface area (TPSA) is 177 Å². The monoisotopic (exact) mass is 1140 g/mol. The Labute approximate surface area is 493 Å². The summed E-state index contributed by atoms with van der Waals surface area (Å²) in [6, 6.07) is 39.9. The van der Waals surface area contributed by atoms with Gasteiger partial charge >= 0.3 is 17.9 Å². The number of carboxylic acid groups (broad SMARTS) is 3. The van der Waals surface area contributed by atoms with Gasteiger partial charge in [0, 0.05) is 19.6 Å². The number of aliphatic carboxylic acids is 3. The second kappa shape index (κ2) is 34.8. The first-order chi connectivity index (χ1) is 39.5. The van der Waals surface area contributed by atoms with Crippen LogP contribution in [-0.2, 0) is 14.4 Å². The van der Waals surface area contributed by atoms with Gasteiger partial charge in [-0.3, -0.25) is 0 Å². The van der Waals surface area contributed by atoms with Crippen LogP contribution in [0.3, 0.4) is 0 Å². The van der Waals surface area contributed by atoms with Gasteiger partial charge in [0.1, 0.15) is 54.3 Å². The quantitative estimate of drug-likeness (QED) is 0.0388. The SMILES string of the molecule is CC(C)c1cc(-c2ccc(OCC(=O)O)c(C(C)C)c2)ccc1OCCN(C)C.CCC(C)c1cc(-c2ccc(OCC(=O)O)c(C(C)CC)c2)ccc1OCCN(C)C.CN(C)CCOc1ccc(-c2ccc(OCC(=O)O)cc2)cc1. The summed E-state index contributed by atoms with van der Waals surface area (Å²) in [5.74, 6) is 2.81. The van der Waals surface area contributed by atoms with Crippen LogP contribution in [0.1, 0.15) is 114 Å². The molecule has 6 aromatic rings. The summed E-state index contributed by atoms with van der Waals surface area (Å²) >= 11 is 0. The maximum atomic E-state index is 10.9. The van der Waals surface area contributed by atoms with Crippen molar-refractivity contribution in [2.45, 2.75) is 91.9 Å². The van der Waals surface area contributed by atoms with E-state index in [-0.39, 0.29) is 31.7 Å². The van der Waals surface area contributed by atoms with Crippen molar-refractivity contribution in [3.05, 3.63) is 144 Å². The molecule has 0 radical (unpaired) electrons. The van der Waals surface area contributed by atoms with E-state index in [1.54, 1.807) is 12.1 Å². The lowest BCUT2D eigenvalue weighted by atomic mass is 9.91. The van der Waals surface area contributed by atoms with Crippen molar-refractivity contribution in [3.63, 3.8) is 0 Å². The third kappa shape index (κ3) is 23.3. The van der Waals surface area contributed by atoms with Crippen LogP contribution < -0.4 is 28.4 Å². The summed E-state index contributed by atoms with van der Waals surface area (Å²) in [4.78, 5) is 38.5. The number of rotatable bonds is 30. The highest BCUT2D eigenvalue weighted by molar-refractivity contribution is 5.72. The molecule has 0 saturated carbocycles. The van der Waals surface area contributed by atoms with Gasteiger partial charge in [0.2, 0.25) is 0 Å². The summed E-state index contributed by atoms with van der Waals surface area (Å²) in [5, 5.41) is 26.5. The third-order valence-electron chi connectivity index (χ3n) is 13.7. The minimum Gasteiger partial charge on any atom is -0.492 e. The zero-order valence-electron chi connectivity index (χ0n) is 51.5. The average Bonchev–Trinajstić information content (AvgIpc) is 3.63. The molecule has 2 atom stereocenters. The lowest BCUT2D eigenvalue weighted by Crippen LogP contribution is -2.19. The van der Waals surface area contributed by atoms with E-state index in [0.29, 0.717) is 48.9 Å². The van der Waals surface area contributed by atoms with Crippen molar-refractivity contribution >= 4 is 17.9 Å². The lowest BCUT2D eigenvalue weighted by Gasteiger charge is -2.20. The Morgan fingerprint density at radius 1 is 0.361 bits per heavy atom. The van der Waals surface area contributed by atoms with Crippen molar-refractivity contribution in [3.8, 4) is 67.9 Å². The van der Waals surface area contributed by atoms with Crippen molar-refractivity contribution < 1.29 is 58.1 Å². The van der Waals surface area contributed by atoms with Crippen LogP contribution in [0.15, 0.2) is 121 Å². The minimum absolute atomic E-state index is 0.219. The standard InChI is InChI=1S/C26H37NO4.C24H33NO4.C18H21NO4/c1-7-18(3)22-15-20(9-11-24(22)30-14-13-27(5)6)21-10-12-25(31-17-26(28)29)23(16-21)19(4)8-2;1-16(2)20-13-18(7-9-22(20)28-12-11-25(5)6)19-8-10-23(29-15-24(26)27)21(14-19)17(3)4;1-19(2)11-12-22-16-7-3-14(4-8-16)15-5-9-17(10-6-15)23-13-18(20)21/h9-12,15-16,18-19H,7-8,13-14,17H2,1-6H3,(H,28,29);7-10,13-14,16-17H,11-12,15H2,1-6H3,(H,26,27);3-10H,11-13H2,1-2H3,(H,20,21). The zero-order valence-corrected chi connectivity index (χ0v) is 51.5. The van der Waals surface area contributed by atoms with Gasteiger partial charge in [-0.15, -0.1) is 0 Å². The Bertz CT molecular complexity index is 2940. The van der Waals surface area contributed by atoms with E-state index in [1.165, 1.54) is 11.1 Å². The van der Waals surface area contributed by atoms with Gasteiger partial charge in [-0.25, -0.2) is 14.4 Å². The van der Waals surface area contributed by atoms with Crippen molar-refractivity contribution in [1.82, 2.24) is 14.7 Å². The van der Waals surface area contributed by atoms with E-state index in [1.807, 2.05) is 109 Å². The predicted octanol–water partition coefficient (Wildman–Crippen LogP) is 13.5. The number of carboxylic acids is 3. The molecule has 0 aromatic heterocycles. The van der Waals surface area contributed by atoms with Crippen LogP contribution in [0.5, 0.6) is 34.5 Å². The molecule has 0 saturated heterocycles. The molecule has 0 spiro atoms. The number of benzene rings is 6. The summed E-state index contributed by atoms with van der Waals surface area (Å²) in [6.07, 6.45) is 1.98. The molecule has 83 heavy (non-hydrogen) atoms. The fourth-order valence-electron chi connectivity index (χ4n) is 8.48. The van der Waals surface area contributed by atoms with E-state index in [0.717, 1.165) is 94.2 Å². The van der Waals surface area contributed by atoms with Gasteiger partial charge < -0.3 is 58.4 Å². The van der Waals surface area contributed by atoms with Crippen LogP contribution >= 0.6 is 0 Å². The molecule has 6 aromatic carbocycles. The van der Waals surface area contributed by atoms with Gasteiger partial charge in [-0.1, -0.05) is 104 Å². The molecule has 2 unspecified atom stereocenters. The van der Waals surface area contributed by atoms with Crippen molar-refractivity contribution in [2.75, 3.05) is 102 Å². The van der Waals surface area contributed by atoms with Gasteiger partial charge in [-0.05, 0) is 207 Å². The third-order valence-corrected chi connectivity index (χ3v) is 13.7. The van der Waals surface area contributed by atoms with E-state index < -0.39 is 17.9 Å². The predicted molar refractivity (Wildman–Crippen MR) is 333 cm³/mol. The number of likely N-dealkylation sites (N-methyl/N-ethyl adjacent to an activating group) is 3. The maximum absolute atomic E-state index is 10.9. The first-order valence-corrected chi connectivity index (χ1v) is 28.6. The Kier molecular flexibility index (Phi) is 28.4. The molecule has 0 heterocycles. The van der Waals surface area contributed by atoms with Crippen molar-refractivity contribution in [1.29, 1.82) is 0 Å². The average molecular weight is 1140 g/mol. The maximum Gasteiger partial charge on any atom is 0.341 e. The zero-order chi connectivity index (χ0) is 61.2. The minimum atomic E-state index is -0.987. The molecule has 6 rings (SSSR count). The molecule has 3 N–H and O–H groups in total. The van der Waals surface area contributed by atoms with Crippen LogP contribution in [-0.4, -0.2) is 149 Å². The van der Waals surface area contributed by atoms with Crippen LogP contribution in [0, 0.1) is 0 Å². The highest BCUT2D eigenvalue weighted by Gasteiger charge is 2.18. The Balaban J connectivity index is 0.000000270. The smallest absolute Gasteiger partial charge is 0.341 e. The van der Waals surface area contributed by atoms with Gasteiger partial charge in [0.25, 0.3) is 0 Å². The Morgan fingerprint density at radius 3 is 0.940 bits per heavy atom. The number of ether oxygens (including phenoxy) is 6. The van der Waals surface area contributed by atoms with E-state index in [9.17, 15) is 14.4 Å². The molecule has 0 aliphatic carbocycles. The van der Waals surface area contributed by atoms with Gasteiger partial charge in [0.15, 0.2) is 19.8 Å². The first kappa shape index (κ1) is 67.9. The lowest BCUT2D eigenvalue weighted by molar-refractivity contribution is -0.140. The Morgan fingerprint density at radius 2 is 0.627 bits per heavy atom. The summed E-state index contributed by atoms with van der Waals surface area (Å²) in [6.45, 7) is 20.7. The molecule has 450 valence electrons. The molecule has 0 aliphatic heterocycles. The molecular weight excluding hydrogens is 1050 g/mol. The van der Waals surface area contributed by atoms with E-state index in [4.69, 9.17) is 43.7 Å². The largest absolute Gasteiger partial charge is 0.492 e. The summed E-state index contributed by atoms with van der Waals surface area (Å²) in [7, 11) is 12.2. The normalized spacial score (nSPS) is 11.8. The van der Waals surface area contributed by atoms with Crippen molar-refractivity contribution in [2.24, 2.45) is 0 Å². The highest BCUT2D eigenvalue weighted by Crippen LogP contribution is 2.39. The molecule has 0 bridgehead atoms. The molecule has 15 nitrogen and oxygen atoms in total. The van der Waals surface area contributed by atoms with Crippen LogP contribution in [0.25, 0.3) is 33.4 Å². The summed E-state index contributed by atoms with van der Waals surface area (Å²) < 4.78 is 33.9. The molecule has 0 aliphatic rings. The van der Waals surface area contributed by atoms with E-state index >= 15 is 0 Å². The Hall–Kier alpha value is -7.59. The molecule has 15 heteroatoms. The van der Waals surface area contributed by atoms with Crippen LogP contribution in [0.4, 0.5) is 0 Å². The second-order valence-electron chi connectivity index (χ2n) is 22.0. The van der Waals surface area contributed by atoms with Gasteiger partial charge in [-0.2, -0.15) is 0 Å². The van der Waals surface area contributed by atoms with Crippen LogP contribution in [0.2, 0.25) is 0 Å². The molecule has 0 fully saturated rings. The highest BCUT2D eigenvalue weighted by atomic mass is 16.5. The fraction of sp³-hybridized carbons (Fsp3) is 0.426. The molecular formula is C68H91N3O12. The first-order valence-electron chi connectivity index (χ1n) is 28.6. The van der Waals surface area contributed by atoms with Gasteiger partial charge in [0.05, 0.1) is 0 Å². The number of nitrogens with zero attached hydrogens (tertiary/aromatic N) is 3. The summed E-state index contributed by atoms with van der Waals surface area (Å²) in [5.41, 5.74) is 11.0. The number of carbonyl (C=O) groups is 3. The number of hydrogen-bond acceptors (Lipinski definition) is 12. The fourth-order valence-corrected chi connectivity index (χ4v) is 8.48. The number of hydrogen-bond donors (Lipinski definition) is 3. The molecule has 0 amide bonds. The van der Waals surface area contributed by atoms with E-state index in [2.05, 4.69) is 113 Å².